The van der Waals surface area contributed by atoms with E-state index in [1.807, 2.05) is 19.1 Å². The Morgan fingerprint density at radius 2 is 1.84 bits per heavy atom. The normalized spacial score (nSPS) is 12.5. The van der Waals surface area contributed by atoms with Crippen LogP contribution in [0.5, 0.6) is 0 Å². The number of carbonyl (C=O) groups excluding carboxylic acids is 1. The summed E-state index contributed by atoms with van der Waals surface area (Å²) in [5.41, 5.74) is 2.24. The van der Waals surface area contributed by atoms with Crippen LogP contribution in [0.25, 0.3) is 0 Å². The van der Waals surface area contributed by atoms with Gasteiger partial charge in [0.15, 0.2) is 0 Å². The molecular formula is C16H25NO2. The Labute approximate surface area is 116 Å². The van der Waals surface area contributed by atoms with Crippen molar-refractivity contribution in [1.82, 2.24) is 5.32 Å². The zero-order chi connectivity index (χ0) is 14.3. The fourth-order valence-electron chi connectivity index (χ4n) is 1.86. The molecule has 19 heavy (non-hydrogen) atoms. The van der Waals surface area contributed by atoms with Gasteiger partial charge in [0.05, 0.1) is 6.61 Å². The van der Waals surface area contributed by atoms with E-state index in [2.05, 4.69) is 38.2 Å². The van der Waals surface area contributed by atoms with Gasteiger partial charge < -0.3 is 10.1 Å². The second-order valence-electron chi connectivity index (χ2n) is 5.08. The van der Waals surface area contributed by atoms with Crippen molar-refractivity contribution < 1.29 is 9.53 Å². The Morgan fingerprint density at radius 3 is 2.32 bits per heavy atom. The minimum atomic E-state index is -0.367. The van der Waals surface area contributed by atoms with Crippen molar-refractivity contribution in [3.63, 3.8) is 0 Å². The molecule has 1 rings (SSSR count). The highest BCUT2D eigenvalue weighted by molar-refractivity contribution is 5.77. The molecule has 106 valence electrons. The number of rotatable bonds is 7. The van der Waals surface area contributed by atoms with Crippen LogP contribution in [0.3, 0.4) is 0 Å². The lowest BCUT2D eigenvalue weighted by molar-refractivity contribution is -0.145. The lowest BCUT2D eigenvalue weighted by Crippen LogP contribution is -2.32. The van der Waals surface area contributed by atoms with Crippen molar-refractivity contribution >= 4 is 5.97 Å². The molecule has 0 saturated carbocycles. The van der Waals surface area contributed by atoms with Crippen LogP contribution in [0, 0.1) is 5.92 Å². The molecular weight excluding hydrogens is 238 g/mol. The van der Waals surface area contributed by atoms with Crippen molar-refractivity contribution in [1.29, 1.82) is 0 Å². The number of ether oxygens (including phenoxy) is 1. The monoisotopic (exact) mass is 263 g/mol. The smallest absolute Gasteiger partial charge is 0.327 e. The Hall–Kier alpha value is -1.35. The molecule has 0 fully saturated rings. The molecule has 3 heteroatoms. The fourth-order valence-corrected chi connectivity index (χ4v) is 1.86. The highest BCUT2D eigenvalue weighted by atomic mass is 16.5. The summed E-state index contributed by atoms with van der Waals surface area (Å²) in [6, 6.07) is 7.78. The number of carbonyl (C=O) groups is 1. The van der Waals surface area contributed by atoms with Gasteiger partial charge in [0, 0.05) is 0 Å². The van der Waals surface area contributed by atoms with Crippen LogP contribution < -0.4 is 5.32 Å². The van der Waals surface area contributed by atoms with Crippen molar-refractivity contribution in [2.75, 3.05) is 13.2 Å². The molecule has 1 atom stereocenters. The predicted molar refractivity (Wildman–Crippen MR) is 78.0 cm³/mol. The lowest BCUT2D eigenvalue weighted by Gasteiger charge is -2.19. The van der Waals surface area contributed by atoms with Crippen LogP contribution in [0.1, 0.15) is 44.9 Å². The average molecular weight is 263 g/mol. The van der Waals surface area contributed by atoms with E-state index in [4.69, 9.17) is 4.74 Å². The van der Waals surface area contributed by atoms with Gasteiger partial charge in [-0.1, -0.05) is 45.0 Å². The molecule has 1 N–H and O–H groups in total. The molecule has 1 unspecified atom stereocenters. The Balaban J connectivity index is 2.83. The number of benzene rings is 1. The fraction of sp³-hybridized carbons (Fsp3) is 0.562. The highest BCUT2D eigenvalue weighted by Crippen LogP contribution is 2.16. The summed E-state index contributed by atoms with van der Waals surface area (Å²) >= 11 is 0. The molecule has 0 aliphatic heterocycles. The van der Waals surface area contributed by atoms with Crippen LogP contribution in [-0.2, 0) is 16.0 Å². The summed E-state index contributed by atoms with van der Waals surface area (Å²) in [5, 5.41) is 3.28. The first-order valence-electron chi connectivity index (χ1n) is 7.07. The van der Waals surface area contributed by atoms with Crippen LogP contribution in [0.15, 0.2) is 24.3 Å². The zero-order valence-corrected chi connectivity index (χ0v) is 12.4. The third kappa shape index (κ3) is 5.03. The van der Waals surface area contributed by atoms with E-state index in [1.54, 1.807) is 0 Å². The molecule has 1 aromatic rings. The first-order chi connectivity index (χ1) is 9.08. The minimum absolute atomic E-state index is 0.201. The van der Waals surface area contributed by atoms with Crippen LogP contribution >= 0.6 is 0 Å². The quantitative estimate of drug-likeness (QED) is 0.768. The van der Waals surface area contributed by atoms with Crippen molar-refractivity contribution in [2.45, 2.75) is 40.2 Å². The maximum absolute atomic E-state index is 12.0. The summed E-state index contributed by atoms with van der Waals surface area (Å²) in [6.45, 7) is 9.39. The van der Waals surface area contributed by atoms with Gasteiger partial charge in [0.25, 0.3) is 0 Å². The van der Waals surface area contributed by atoms with Gasteiger partial charge in [-0.05, 0) is 36.9 Å². The van der Waals surface area contributed by atoms with E-state index in [-0.39, 0.29) is 12.0 Å². The Morgan fingerprint density at radius 1 is 1.21 bits per heavy atom. The highest BCUT2D eigenvalue weighted by Gasteiger charge is 2.21. The van der Waals surface area contributed by atoms with Gasteiger partial charge in [-0.25, -0.2) is 4.79 Å². The second kappa shape index (κ2) is 7.95. The molecule has 0 amide bonds. The molecule has 0 spiro atoms. The predicted octanol–water partition coefficient (Wildman–Crippen LogP) is 3.10. The third-order valence-electron chi connectivity index (χ3n) is 2.97. The molecule has 0 radical (unpaired) electrons. The van der Waals surface area contributed by atoms with E-state index in [1.165, 1.54) is 5.56 Å². The molecule has 0 saturated heterocycles. The summed E-state index contributed by atoms with van der Waals surface area (Å²) in [4.78, 5) is 12.0. The van der Waals surface area contributed by atoms with E-state index >= 15 is 0 Å². The van der Waals surface area contributed by atoms with E-state index in [0.29, 0.717) is 12.5 Å². The Kier molecular flexibility index (Phi) is 6.57. The number of hydrogen-bond donors (Lipinski definition) is 1. The van der Waals surface area contributed by atoms with Gasteiger partial charge in [-0.2, -0.15) is 0 Å². The first-order valence-corrected chi connectivity index (χ1v) is 7.07. The number of hydrogen-bond acceptors (Lipinski definition) is 3. The van der Waals surface area contributed by atoms with Gasteiger partial charge in [-0.3, -0.25) is 0 Å². The van der Waals surface area contributed by atoms with Gasteiger partial charge in [0.2, 0.25) is 0 Å². The second-order valence-corrected chi connectivity index (χ2v) is 5.08. The van der Waals surface area contributed by atoms with Crippen molar-refractivity contribution in [3.8, 4) is 0 Å². The lowest BCUT2D eigenvalue weighted by atomic mass is 10.0. The summed E-state index contributed by atoms with van der Waals surface area (Å²) < 4.78 is 5.15. The van der Waals surface area contributed by atoms with Crippen LogP contribution in [0.2, 0.25) is 0 Å². The summed E-state index contributed by atoms with van der Waals surface area (Å²) in [7, 11) is 0. The van der Waals surface area contributed by atoms with Crippen LogP contribution in [0.4, 0.5) is 0 Å². The Bertz CT molecular complexity index is 384. The number of aryl methyl sites for hydroxylation is 1. The minimum Gasteiger partial charge on any atom is -0.465 e. The largest absolute Gasteiger partial charge is 0.465 e. The maximum Gasteiger partial charge on any atom is 0.327 e. The molecule has 1 aromatic carbocycles. The van der Waals surface area contributed by atoms with Crippen molar-refractivity contribution in [2.24, 2.45) is 5.92 Å². The zero-order valence-electron chi connectivity index (χ0n) is 12.4. The average Bonchev–Trinajstić information content (AvgIpc) is 2.39. The van der Waals surface area contributed by atoms with Crippen molar-refractivity contribution in [3.05, 3.63) is 35.4 Å². The molecule has 0 aliphatic carbocycles. The van der Waals surface area contributed by atoms with E-state index in [9.17, 15) is 4.79 Å². The van der Waals surface area contributed by atoms with Gasteiger partial charge >= 0.3 is 5.97 Å². The topological polar surface area (TPSA) is 38.3 Å². The summed E-state index contributed by atoms with van der Waals surface area (Å²) in [5.74, 6) is 0.291. The number of nitrogens with one attached hydrogen (secondary N) is 1. The molecule has 0 heterocycles. The number of esters is 1. The van der Waals surface area contributed by atoms with E-state index in [0.717, 1.165) is 18.5 Å². The summed E-state index contributed by atoms with van der Waals surface area (Å²) in [6.07, 6.45) is 1.00. The molecule has 0 aromatic heterocycles. The van der Waals surface area contributed by atoms with E-state index < -0.39 is 0 Å². The molecule has 0 bridgehead atoms. The van der Waals surface area contributed by atoms with Gasteiger partial charge in [-0.15, -0.1) is 0 Å². The first kappa shape index (κ1) is 15.7. The standard InChI is InChI=1S/C16H25NO2/c1-5-13-7-9-14(10-8-13)15(16(18)19-6-2)17-11-12(3)4/h7-10,12,15,17H,5-6,11H2,1-4H3. The van der Waals surface area contributed by atoms with Crippen LogP contribution in [-0.4, -0.2) is 19.1 Å². The maximum atomic E-state index is 12.0. The van der Waals surface area contributed by atoms with Gasteiger partial charge in [0.1, 0.15) is 6.04 Å². The molecule has 3 nitrogen and oxygen atoms in total. The SMILES string of the molecule is CCOC(=O)C(NCC(C)C)c1ccc(CC)cc1. The third-order valence-corrected chi connectivity index (χ3v) is 2.97. The molecule has 0 aliphatic rings.